The molecule has 144 valence electrons. The van der Waals surface area contributed by atoms with Gasteiger partial charge in [-0.25, -0.2) is 8.42 Å². The number of sulfonamides is 1. The molecule has 6 nitrogen and oxygen atoms in total. The predicted molar refractivity (Wildman–Crippen MR) is 106 cm³/mol. The molecular formula is C21H21N2O4S+. The molecular weight excluding hydrogens is 376 g/mol. The number of ketones is 1. The summed E-state index contributed by atoms with van der Waals surface area (Å²) in [7, 11) is -2.30. The summed E-state index contributed by atoms with van der Waals surface area (Å²) in [6, 6.07) is 14.7. The van der Waals surface area contributed by atoms with Crippen LogP contribution < -0.4 is 14.3 Å². The van der Waals surface area contributed by atoms with Gasteiger partial charge in [0.15, 0.2) is 5.78 Å². The van der Waals surface area contributed by atoms with Crippen molar-refractivity contribution >= 4 is 21.5 Å². The molecule has 0 bridgehead atoms. The summed E-state index contributed by atoms with van der Waals surface area (Å²) in [5, 5.41) is 0. The molecule has 0 atom stereocenters. The van der Waals surface area contributed by atoms with Crippen molar-refractivity contribution in [1.29, 1.82) is 0 Å². The maximum Gasteiger partial charge on any atom is 0.261 e. The third kappa shape index (κ3) is 4.04. The van der Waals surface area contributed by atoms with Gasteiger partial charge in [0.25, 0.3) is 10.0 Å². The standard InChI is InChI=1S/C21H20N2O4S/c1-15-13-19(21(24)17-9-11-23(27-3)12-10-17)20(14-16(15)2)22-28(25,26)18-7-5-4-6-8-18/h4-14H,1-3H3/p+1. The minimum atomic E-state index is -3.82. The van der Waals surface area contributed by atoms with Crippen LogP contribution in [0, 0.1) is 13.8 Å². The summed E-state index contributed by atoms with van der Waals surface area (Å²) >= 11 is 0. The lowest BCUT2D eigenvalue weighted by molar-refractivity contribution is -0.885. The van der Waals surface area contributed by atoms with Crippen LogP contribution in [0.15, 0.2) is 71.9 Å². The molecule has 0 aliphatic carbocycles. The van der Waals surface area contributed by atoms with E-state index >= 15 is 0 Å². The number of nitrogens with one attached hydrogen (secondary N) is 1. The smallest absolute Gasteiger partial charge is 0.261 e. The van der Waals surface area contributed by atoms with E-state index in [9.17, 15) is 13.2 Å². The number of rotatable bonds is 6. The van der Waals surface area contributed by atoms with Crippen LogP contribution in [-0.2, 0) is 10.0 Å². The van der Waals surface area contributed by atoms with Crippen molar-refractivity contribution in [3.63, 3.8) is 0 Å². The van der Waals surface area contributed by atoms with Gasteiger partial charge in [-0.2, -0.15) is 0 Å². The molecule has 2 aromatic carbocycles. The number of carbonyl (C=O) groups is 1. The van der Waals surface area contributed by atoms with Crippen LogP contribution in [0.4, 0.5) is 5.69 Å². The molecule has 0 unspecified atom stereocenters. The molecule has 0 spiro atoms. The number of hydrogen-bond acceptors (Lipinski definition) is 4. The van der Waals surface area contributed by atoms with Crippen LogP contribution in [0.2, 0.25) is 0 Å². The Kier molecular flexibility index (Phi) is 5.46. The molecule has 1 heterocycles. The van der Waals surface area contributed by atoms with Crippen LogP contribution in [0.3, 0.4) is 0 Å². The Hall–Kier alpha value is -3.19. The summed E-state index contributed by atoms with van der Waals surface area (Å²) in [6.45, 7) is 3.75. The van der Waals surface area contributed by atoms with Crippen LogP contribution in [-0.4, -0.2) is 21.3 Å². The monoisotopic (exact) mass is 397 g/mol. The number of anilines is 1. The van der Waals surface area contributed by atoms with E-state index in [1.807, 2.05) is 13.8 Å². The second-order valence-electron chi connectivity index (χ2n) is 6.36. The van der Waals surface area contributed by atoms with Gasteiger partial charge in [0.1, 0.15) is 7.11 Å². The van der Waals surface area contributed by atoms with Crippen molar-refractivity contribution in [3.8, 4) is 0 Å². The summed E-state index contributed by atoms with van der Waals surface area (Å²) in [5.74, 6) is -0.280. The van der Waals surface area contributed by atoms with E-state index in [0.29, 0.717) is 5.56 Å². The Morgan fingerprint density at radius 2 is 1.57 bits per heavy atom. The van der Waals surface area contributed by atoms with Gasteiger partial charge in [-0.05, 0) is 49.2 Å². The first-order valence-electron chi connectivity index (χ1n) is 8.61. The molecule has 28 heavy (non-hydrogen) atoms. The van der Waals surface area contributed by atoms with E-state index in [-0.39, 0.29) is 21.9 Å². The minimum absolute atomic E-state index is 0.132. The number of aryl methyl sites for hydroxylation is 2. The molecule has 0 saturated heterocycles. The van der Waals surface area contributed by atoms with Crippen molar-refractivity contribution in [1.82, 2.24) is 0 Å². The second kappa shape index (κ2) is 7.82. The predicted octanol–water partition coefficient (Wildman–Crippen LogP) is 2.68. The Morgan fingerprint density at radius 1 is 0.964 bits per heavy atom. The minimum Gasteiger partial charge on any atom is -0.289 e. The maximum absolute atomic E-state index is 13.1. The molecule has 7 heteroatoms. The number of pyridine rings is 1. The zero-order valence-electron chi connectivity index (χ0n) is 15.8. The second-order valence-corrected chi connectivity index (χ2v) is 8.04. The molecule has 0 saturated carbocycles. The summed E-state index contributed by atoms with van der Waals surface area (Å²) < 4.78 is 29.5. The highest BCUT2D eigenvalue weighted by molar-refractivity contribution is 7.92. The first-order chi connectivity index (χ1) is 13.3. The van der Waals surface area contributed by atoms with Gasteiger partial charge in [0.2, 0.25) is 12.4 Å². The fraction of sp³-hybridized carbons (Fsp3) is 0.143. The molecule has 0 amide bonds. The Morgan fingerprint density at radius 3 is 2.18 bits per heavy atom. The SMILES string of the molecule is CO[n+]1ccc(C(=O)c2cc(C)c(C)cc2NS(=O)(=O)c2ccccc2)cc1. The normalized spacial score (nSPS) is 11.1. The molecule has 3 rings (SSSR count). The van der Waals surface area contributed by atoms with Gasteiger partial charge >= 0.3 is 0 Å². The van der Waals surface area contributed by atoms with Crippen LogP contribution in [0.1, 0.15) is 27.0 Å². The largest absolute Gasteiger partial charge is 0.289 e. The van der Waals surface area contributed by atoms with Crippen molar-refractivity contribution in [2.45, 2.75) is 18.7 Å². The number of aromatic nitrogens is 1. The Labute approximate surface area is 164 Å². The fourth-order valence-corrected chi connectivity index (χ4v) is 3.82. The third-order valence-electron chi connectivity index (χ3n) is 4.45. The number of benzene rings is 2. The Bertz CT molecular complexity index is 1110. The first-order valence-corrected chi connectivity index (χ1v) is 10.1. The van der Waals surface area contributed by atoms with E-state index in [0.717, 1.165) is 11.1 Å². The van der Waals surface area contributed by atoms with Gasteiger partial charge < -0.3 is 0 Å². The summed E-state index contributed by atoms with van der Waals surface area (Å²) in [4.78, 5) is 18.2. The van der Waals surface area contributed by atoms with Crippen LogP contribution in [0.5, 0.6) is 0 Å². The van der Waals surface area contributed by atoms with Crippen molar-refractivity contribution in [2.24, 2.45) is 0 Å². The topological polar surface area (TPSA) is 76.3 Å². The molecule has 1 aromatic heterocycles. The number of hydrogen-bond donors (Lipinski definition) is 1. The summed E-state index contributed by atoms with van der Waals surface area (Å²) in [6.07, 6.45) is 3.23. The first kappa shape index (κ1) is 19.6. The third-order valence-corrected chi connectivity index (χ3v) is 5.83. The van der Waals surface area contributed by atoms with Crippen LogP contribution in [0.25, 0.3) is 0 Å². The van der Waals surface area contributed by atoms with Gasteiger partial charge in [0.05, 0.1) is 10.6 Å². The molecule has 3 aromatic rings. The lowest BCUT2D eigenvalue weighted by Gasteiger charge is -2.14. The quantitative estimate of drug-likeness (QED) is 0.513. The van der Waals surface area contributed by atoms with Gasteiger partial charge in [-0.3, -0.25) is 14.4 Å². The highest BCUT2D eigenvalue weighted by atomic mass is 32.2. The molecule has 0 aliphatic heterocycles. The average molecular weight is 397 g/mol. The van der Waals surface area contributed by atoms with Crippen molar-refractivity contribution < 1.29 is 22.8 Å². The zero-order chi connectivity index (χ0) is 20.3. The molecule has 0 radical (unpaired) electrons. The lowest BCUT2D eigenvalue weighted by atomic mass is 9.98. The van der Waals surface area contributed by atoms with Gasteiger partial charge in [-0.1, -0.05) is 18.2 Å². The zero-order valence-corrected chi connectivity index (χ0v) is 16.7. The highest BCUT2D eigenvalue weighted by Gasteiger charge is 2.21. The highest BCUT2D eigenvalue weighted by Crippen LogP contribution is 2.26. The van der Waals surface area contributed by atoms with E-state index < -0.39 is 10.0 Å². The van der Waals surface area contributed by atoms with E-state index in [1.165, 1.54) is 24.0 Å². The lowest BCUT2D eigenvalue weighted by Crippen LogP contribution is -2.39. The summed E-state index contributed by atoms with van der Waals surface area (Å²) in [5.41, 5.74) is 2.75. The molecule has 0 aliphatic rings. The Balaban J connectivity index is 2.04. The maximum atomic E-state index is 13.1. The molecule has 0 fully saturated rings. The number of carbonyl (C=O) groups excluding carboxylic acids is 1. The van der Waals surface area contributed by atoms with E-state index in [4.69, 9.17) is 4.84 Å². The van der Waals surface area contributed by atoms with Crippen molar-refractivity contribution in [2.75, 3.05) is 11.8 Å². The average Bonchev–Trinajstić information content (AvgIpc) is 2.70. The van der Waals surface area contributed by atoms with Crippen LogP contribution >= 0.6 is 0 Å². The van der Waals surface area contributed by atoms with E-state index in [2.05, 4.69) is 4.72 Å². The number of nitrogens with zero attached hydrogens (tertiary/aromatic N) is 1. The van der Waals surface area contributed by atoms with Crippen molar-refractivity contribution in [3.05, 3.63) is 89.2 Å². The van der Waals surface area contributed by atoms with Gasteiger partial charge in [0, 0.05) is 28.0 Å². The van der Waals surface area contributed by atoms with E-state index in [1.54, 1.807) is 54.9 Å². The fourth-order valence-electron chi connectivity index (χ4n) is 2.73. The molecule has 1 N–H and O–H groups in total. The van der Waals surface area contributed by atoms with Gasteiger partial charge in [-0.15, -0.1) is 0 Å².